The molecule has 0 unspecified atom stereocenters. The van der Waals surface area contributed by atoms with Gasteiger partial charge in [0.25, 0.3) is 0 Å². The number of carbonyl (C=O) groups is 1. The van der Waals surface area contributed by atoms with Crippen LogP contribution in [0, 0.1) is 0 Å². The van der Waals surface area contributed by atoms with Crippen molar-refractivity contribution >= 4 is 12.0 Å². The minimum absolute atomic E-state index is 0.915. The van der Waals surface area contributed by atoms with Gasteiger partial charge in [-0.3, -0.25) is 0 Å². The van der Waals surface area contributed by atoms with Crippen LogP contribution in [-0.2, 0) is 4.79 Å². The van der Waals surface area contributed by atoms with Crippen LogP contribution in [0.25, 0.3) is 17.2 Å². The zero-order valence-corrected chi connectivity index (χ0v) is 8.05. The van der Waals surface area contributed by atoms with Crippen LogP contribution in [0.3, 0.4) is 0 Å². The lowest BCUT2D eigenvalue weighted by molar-refractivity contribution is -0.131. The van der Waals surface area contributed by atoms with Crippen molar-refractivity contribution in [2.45, 2.75) is 0 Å². The Morgan fingerprint density at radius 3 is 2.20 bits per heavy atom. The van der Waals surface area contributed by atoms with Crippen molar-refractivity contribution in [2.24, 2.45) is 0 Å². The van der Waals surface area contributed by atoms with Crippen LogP contribution in [0.5, 0.6) is 0 Å². The van der Waals surface area contributed by atoms with Crippen LogP contribution in [0.15, 0.2) is 48.5 Å². The van der Waals surface area contributed by atoms with Gasteiger partial charge in [-0.1, -0.05) is 30.3 Å². The molecule has 2 aliphatic rings. The Kier molecular flexibility index (Phi) is 2.50. The summed E-state index contributed by atoms with van der Waals surface area (Å²) in [4.78, 5) is 10.4. The van der Waals surface area contributed by atoms with Crippen molar-refractivity contribution in [2.75, 3.05) is 0 Å². The van der Waals surface area contributed by atoms with Gasteiger partial charge in [0.2, 0.25) is 0 Å². The van der Waals surface area contributed by atoms with Gasteiger partial charge >= 0.3 is 5.97 Å². The van der Waals surface area contributed by atoms with E-state index in [1.807, 2.05) is 42.5 Å². The van der Waals surface area contributed by atoms with Gasteiger partial charge in [0.1, 0.15) is 0 Å². The largest absolute Gasteiger partial charge is 0.478 e. The van der Waals surface area contributed by atoms with Gasteiger partial charge in [0.05, 0.1) is 0 Å². The third kappa shape index (κ3) is 2.23. The fraction of sp³-hybridized carbons (Fsp3) is 0. The molecule has 0 aliphatic heterocycles. The Morgan fingerprint density at radius 1 is 1.07 bits per heavy atom. The predicted molar refractivity (Wildman–Crippen MR) is 59.7 cm³/mol. The Balaban J connectivity index is 2.40. The highest BCUT2D eigenvalue weighted by atomic mass is 16.4. The highest BCUT2D eigenvalue weighted by Gasteiger charge is 2.02. The molecule has 15 heavy (non-hydrogen) atoms. The number of carboxylic acid groups (broad SMARTS) is 1. The van der Waals surface area contributed by atoms with Crippen molar-refractivity contribution in [3.63, 3.8) is 0 Å². The molecule has 0 amide bonds. The molecular weight excluding hydrogens is 188 g/mol. The zero-order chi connectivity index (χ0) is 10.7. The van der Waals surface area contributed by atoms with Crippen molar-refractivity contribution in [1.29, 1.82) is 0 Å². The van der Waals surface area contributed by atoms with E-state index in [0.717, 1.165) is 22.8 Å². The number of rotatable bonds is 2. The Bertz CT molecular complexity index is 455. The molecule has 0 spiro atoms. The molecule has 2 rings (SSSR count). The van der Waals surface area contributed by atoms with E-state index in [1.54, 1.807) is 6.08 Å². The zero-order valence-electron chi connectivity index (χ0n) is 8.05. The first kappa shape index (κ1) is 9.46. The van der Waals surface area contributed by atoms with Crippen molar-refractivity contribution in [3.8, 4) is 11.1 Å². The average Bonchev–Trinajstić information content (AvgIpc) is 2.46. The van der Waals surface area contributed by atoms with E-state index in [1.165, 1.54) is 0 Å². The van der Waals surface area contributed by atoms with Gasteiger partial charge in [-0.25, -0.2) is 4.79 Å². The molecule has 0 fully saturated rings. The molecular formula is C13H10O2. The van der Waals surface area contributed by atoms with Crippen LogP contribution in [-0.4, -0.2) is 11.1 Å². The van der Waals surface area contributed by atoms with Crippen LogP contribution >= 0.6 is 0 Å². The van der Waals surface area contributed by atoms with Crippen molar-refractivity contribution in [1.82, 2.24) is 0 Å². The summed E-state index contributed by atoms with van der Waals surface area (Å²) < 4.78 is 0. The van der Waals surface area contributed by atoms with Crippen LogP contribution in [0.4, 0.5) is 0 Å². The minimum atomic E-state index is -0.925. The molecule has 74 valence electrons. The maximum absolute atomic E-state index is 10.4. The summed E-state index contributed by atoms with van der Waals surface area (Å²) in [6.45, 7) is 0. The number of carboxylic acids is 1. The van der Waals surface area contributed by atoms with Crippen molar-refractivity contribution in [3.05, 3.63) is 54.1 Å². The second kappa shape index (κ2) is 3.96. The van der Waals surface area contributed by atoms with Crippen LogP contribution < -0.4 is 0 Å². The average molecular weight is 198 g/mol. The first-order chi connectivity index (χ1) is 7.25. The smallest absolute Gasteiger partial charge is 0.328 e. The molecule has 0 heterocycles. The summed E-state index contributed by atoms with van der Waals surface area (Å²) in [5.74, 6) is -0.925. The summed E-state index contributed by atoms with van der Waals surface area (Å²) in [6.07, 6.45) is 2.75. The van der Waals surface area contributed by atoms with Gasteiger partial charge in [-0.2, -0.15) is 0 Å². The molecule has 0 aromatic heterocycles. The number of hydrogen-bond acceptors (Lipinski definition) is 1. The fourth-order valence-corrected chi connectivity index (χ4v) is 1.50. The molecule has 2 heteroatoms. The van der Waals surface area contributed by atoms with E-state index in [0.29, 0.717) is 0 Å². The van der Waals surface area contributed by atoms with E-state index >= 15 is 0 Å². The first-order valence-corrected chi connectivity index (χ1v) is 4.65. The predicted octanol–water partition coefficient (Wildman–Crippen LogP) is 2.89. The van der Waals surface area contributed by atoms with Crippen LogP contribution in [0.1, 0.15) is 5.56 Å². The first-order valence-electron chi connectivity index (χ1n) is 4.65. The SMILES string of the molecule is O=C(O)/C=C/c1cc2cccccc-2c1. The van der Waals surface area contributed by atoms with Gasteiger partial charge in [-0.15, -0.1) is 0 Å². The highest BCUT2D eigenvalue weighted by Crippen LogP contribution is 2.25. The standard InChI is InChI=1S/C13H10O2/c14-13(15)7-6-10-8-11-4-2-1-3-5-12(11)9-10/h1-9H,(H,14,15)/b7-6+. The van der Waals surface area contributed by atoms with Gasteiger partial charge < -0.3 is 5.11 Å². The maximum atomic E-state index is 10.4. The minimum Gasteiger partial charge on any atom is -0.478 e. The molecule has 0 saturated heterocycles. The Labute approximate surface area is 87.8 Å². The van der Waals surface area contributed by atoms with E-state index in [-0.39, 0.29) is 0 Å². The second-order valence-electron chi connectivity index (χ2n) is 3.28. The Morgan fingerprint density at radius 2 is 1.67 bits per heavy atom. The Hall–Kier alpha value is -2.09. The molecule has 1 N–H and O–H groups in total. The van der Waals surface area contributed by atoms with Crippen molar-refractivity contribution < 1.29 is 9.90 Å². The van der Waals surface area contributed by atoms with Gasteiger partial charge in [-0.05, 0) is 34.9 Å². The van der Waals surface area contributed by atoms with E-state index in [4.69, 9.17) is 5.11 Å². The summed E-state index contributed by atoms with van der Waals surface area (Å²) in [5.41, 5.74) is 3.15. The van der Waals surface area contributed by atoms with E-state index in [2.05, 4.69) is 0 Å². The van der Waals surface area contributed by atoms with Crippen LogP contribution in [0.2, 0.25) is 0 Å². The molecule has 0 saturated carbocycles. The lowest BCUT2D eigenvalue weighted by Crippen LogP contribution is -1.84. The number of hydrogen-bond donors (Lipinski definition) is 1. The van der Waals surface area contributed by atoms with E-state index < -0.39 is 5.97 Å². The molecule has 0 aromatic rings. The number of aliphatic carboxylic acids is 1. The summed E-state index contributed by atoms with van der Waals surface area (Å²) >= 11 is 0. The summed E-state index contributed by atoms with van der Waals surface area (Å²) in [6, 6.07) is 13.8. The molecule has 0 radical (unpaired) electrons. The third-order valence-corrected chi connectivity index (χ3v) is 2.17. The van der Waals surface area contributed by atoms with Gasteiger partial charge in [0.15, 0.2) is 0 Å². The molecule has 2 aliphatic carbocycles. The lowest BCUT2D eigenvalue weighted by Gasteiger charge is -1.85. The monoisotopic (exact) mass is 198 g/mol. The lowest BCUT2D eigenvalue weighted by atomic mass is 10.2. The second-order valence-corrected chi connectivity index (χ2v) is 3.28. The molecule has 2 nitrogen and oxygen atoms in total. The molecule has 0 aromatic carbocycles. The fourth-order valence-electron chi connectivity index (χ4n) is 1.50. The summed E-state index contributed by atoms with van der Waals surface area (Å²) in [5, 5.41) is 8.50. The quantitative estimate of drug-likeness (QED) is 0.753. The topological polar surface area (TPSA) is 37.3 Å². The molecule has 0 atom stereocenters. The highest BCUT2D eigenvalue weighted by molar-refractivity contribution is 5.86. The number of fused-ring (bicyclic) bond motifs is 1. The maximum Gasteiger partial charge on any atom is 0.328 e. The summed E-state index contributed by atoms with van der Waals surface area (Å²) in [7, 11) is 0. The molecule has 0 bridgehead atoms. The third-order valence-electron chi connectivity index (χ3n) is 2.17. The van der Waals surface area contributed by atoms with E-state index in [9.17, 15) is 4.79 Å². The normalized spacial score (nSPS) is 10.9. The van der Waals surface area contributed by atoms with Gasteiger partial charge in [0, 0.05) is 6.08 Å².